The third-order valence-corrected chi connectivity index (χ3v) is 4.13. The van der Waals surface area contributed by atoms with Crippen molar-refractivity contribution in [3.05, 3.63) is 65.2 Å². The normalized spacial score (nSPS) is 19.4. The number of anilines is 1. The summed E-state index contributed by atoms with van der Waals surface area (Å²) in [6.07, 6.45) is 2.76. The van der Waals surface area contributed by atoms with Gasteiger partial charge >= 0.3 is 0 Å². The Hall–Kier alpha value is -1.88. The smallest absolute Gasteiger partial charge is 0.158 e. The molecule has 0 bridgehead atoms. The lowest BCUT2D eigenvalue weighted by atomic mass is 9.99. The predicted octanol–water partition coefficient (Wildman–Crippen LogP) is 3.39. The van der Waals surface area contributed by atoms with E-state index in [0.29, 0.717) is 0 Å². The van der Waals surface area contributed by atoms with Crippen molar-refractivity contribution in [2.45, 2.75) is 38.3 Å². The summed E-state index contributed by atoms with van der Waals surface area (Å²) in [5, 5.41) is 9.21. The maximum atomic E-state index is 9.21. The van der Waals surface area contributed by atoms with Crippen molar-refractivity contribution < 1.29 is 14.6 Å². The van der Waals surface area contributed by atoms with E-state index in [-0.39, 0.29) is 19.0 Å². The van der Waals surface area contributed by atoms with Crippen LogP contribution >= 0.6 is 0 Å². The molecule has 2 aromatic rings. The van der Waals surface area contributed by atoms with E-state index in [1.807, 2.05) is 48.5 Å². The van der Waals surface area contributed by atoms with Crippen LogP contribution in [-0.2, 0) is 16.1 Å². The Bertz CT molecular complexity index is 604. The summed E-state index contributed by atoms with van der Waals surface area (Å²) < 4.78 is 12.0. The van der Waals surface area contributed by atoms with E-state index < -0.39 is 0 Å². The largest absolute Gasteiger partial charge is 0.399 e. The Morgan fingerprint density at radius 3 is 2.26 bits per heavy atom. The fourth-order valence-corrected chi connectivity index (χ4v) is 2.79. The molecule has 0 saturated carbocycles. The van der Waals surface area contributed by atoms with Gasteiger partial charge in [0, 0.05) is 12.3 Å². The molecular formula is C19H23NO3. The number of hydrogen-bond donors (Lipinski definition) is 2. The van der Waals surface area contributed by atoms with Crippen LogP contribution in [0, 0.1) is 0 Å². The standard InChI is InChI=1S/C19H23NO3/c20-17-10-8-16(9-11-17)19(23-18-3-1-2-12-22-18)15-6-4-14(13-21)5-7-15/h4-11,18-19,21H,1-3,12-13,20H2. The van der Waals surface area contributed by atoms with E-state index >= 15 is 0 Å². The first kappa shape index (κ1) is 16.0. The zero-order chi connectivity index (χ0) is 16.1. The number of ether oxygens (including phenoxy) is 2. The van der Waals surface area contributed by atoms with E-state index in [9.17, 15) is 5.11 Å². The van der Waals surface area contributed by atoms with Crippen LogP contribution in [0.2, 0.25) is 0 Å². The minimum Gasteiger partial charge on any atom is -0.399 e. The fourth-order valence-electron chi connectivity index (χ4n) is 2.79. The fraction of sp³-hybridized carbons (Fsp3) is 0.368. The molecule has 0 aromatic heterocycles. The summed E-state index contributed by atoms with van der Waals surface area (Å²) in [4.78, 5) is 0. The minimum absolute atomic E-state index is 0.0411. The summed E-state index contributed by atoms with van der Waals surface area (Å²) >= 11 is 0. The molecule has 4 heteroatoms. The van der Waals surface area contributed by atoms with Crippen molar-refractivity contribution in [3.8, 4) is 0 Å². The highest BCUT2D eigenvalue weighted by atomic mass is 16.7. The average Bonchev–Trinajstić information content (AvgIpc) is 2.62. The maximum Gasteiger partial charge on any atom is 0.158 e. The summed E-state index contributed by atoms with van der Waals surface area (Å²) in [6, 6.07) is 15.6. The van der Waals surface area contributed by atoms with Crippen LogP contribution in [0.1, 0.15) is 42.1 Å². The molecule has 2 aromatic carbocycles. The zero-order valence-corrected chi connectivity index (χ0v) is 13.2. The van der Waals surface area contributed by atoms with Gasteiger partial charge < -0.3 is 20.3 Å². The molecule has 122 valence electrons. The second kappa shape index (κ2) is 7.59. The Balaban J connectivity index is 1.86. The van der Waals surface area contributed by atoms with Crippen LogP contribution in [-0.4, -0.2) is 18.0 Å². The van der Waals surface area contributed by atoms with Gasteiger partial charge in [-0.05, 0) is 48.1 Å². The molecule has 2 atom stereocenters. The SMILES string of the molecule is Nc1ccc(C(OC2CCCCO2)c2ccc(CO)cc2)cc1. The van der Waals surface area contributed by atoms with E-state index in [1.165, 1.54) is 0 Å². The van der Waals surface area contributed by atoms with Crippen molar-refractivity contribution in [1.82, 2.24) is 0 Å². The van der Waals surface area contributed by atoms with Gasteiger partial charge in [-0.1, -0.05) is 36.4 Å². The summed E-state index contributed by atoms with van der Waals surface area (Å²) in [7, 11) is 0. The highest BCUT2D eigenvalue weighted by Gasteiger charge is 2.22. The number of nitrogen functional groups attached to an aromatic ring is 1. The van der Waals surface area contributed by atoms with Gasteiger partial charge in [-0.25, -0.2) is 0 Å². The number of benzene rings is 2. The van der Waals surface area contributed by atoms with Gasteiger partial charge in [-0.3, -0.25) is 0 Å². The average molecular weight is 313 g/mol. The molecule has 1 aliphatic rings. The van der Waals surface area contributed by atoms with Crippen molar-refractivity contribution in [2.24, 2.45) is 0 Å². The van der Waals surface area contributed by atoms with Gasteiger partial charge in [0.05, 0.1) is 6.61 Å². The third kappa shape index (κ3) is 4.10. The van der Waals surface area contributed by atoms with E-state index in [0.717, 1.165) is 48.2 Å². The molecule has 0 amide bonds. The molecule has 3 N–H and O–H groups in total. The van der Waals surface area contributed by atoms with Crippen LogP contribution in [0.4, 0.5) is 5.69 Å². The molecule has 23 heavy (non-hydrogen) atoms. The summed E-state index contributed by atoms with van der Waals surface area (Å²) in [5.74, 6) is 0. The maximum absolute atomic E-state index is 9.21. The molecule has 1 fully saturated rings. The van der Waals surface area contributed by atoms with E-state index in [1.54, 1.807) is 0 Å². The highest BCUT2D eigenvalue weighted by Crippen LogP contribution is 2.30. The summed E-state index contributed by atoms with van der Waals surface area (Å²) in [5.41, 5.74) is 9.50. The molecule has 1 aliphatic heterocycles. The van der Waals surface area contributed by atoms with Gasteiger partial charge in [0.2, 0.25) is 0 Å². The van der Waals surface area contributed by atoms with Crippen molar-refractivity contribution in [1.29, 1.82) is 0 Å². The molecule has 0 radical (unpaired) electrons. The molecule has 4 nitrogen and oxygen atoms in total. The lowest BCUT2D eigenvalue weighted by molar-refractivity contribution is -0.181. The van der Waals surface area contributed by atoms with Gasteiger partial charge in [-0.2, -0.15) is 0 Å². The van der Waals surface area contributed by atoms with Crippen LogP contribution < -0.4 is 5.73 Å². The van der Waals surface area contributed by atoms with Gasteiger partial charge in [-0.15, -0.1) is 0 Å². The van der Waals surface area contributed by atoms with Crippen LogP contribution in [0.5, 0.6) is 0 Å². The third-order valence-electron chi connectivity index (χ3n) is 4.13. The lowest BCUT2D eigenvalue weighted by Crippen LogP contribution is -2.25. The Morgan fingerprint density at radius 2 is 1.70 bits per heavy atom. The molecule has 0 aliphatic carbocycles. The number of hydrogen-bond acceptors (Lipinski definition) is 4. The number of rotatable bonds is 5. The molecule has 0 spiro atoms. The van der Waals surface area contributed by atoms with Crippen LogP contribution in [0.25, 0.3) is 0 Å². The number of aliphatic hydroxyl groups is 1. The molecule has 1 heterocycles. The highest BCUT2D eigenvalue weighted by molar-refractivity contribution is 5.42. The first-order valence-corrected chi connectivity index (χ1v) is 8.08. The summed E-state index contributed by atoms with van der Waals surface area (Å²) in [6.45, 7) is 0.794. The Morgan fingerprint density at radius 1 is 1.04 bits per heavy atom. The topological polar surface area (TPSA) is 64.7 Å². The predicted molar refractivity (Wildman–Crippen MR) is 89.7 cm³/mol. The van der Waals surface area contributed by atoms with Crippen LogP contribution in [0.15, 0.2) is 48.5 Å². The van der Waals surface area contributed by atoms with Crippen molar-refractivity contribution in [3.63, 3.8) is 0 Å². The minimum atomic E-state index is -0.202. The molecule has 2 unspecified atom stereocenters. The molecule has 1 saturated heterocycles. The molecule has 3 rings (SSSR count). The van der Waals surface area contributed by atoms with E-state index in [4.69, 9.17) is 15.2 Å². The lowest BCUT2D eigenvalue weighted by Gasteiger charge is -2.28. The monoisotopic (exact) mass is 313 g/mol. The van der Waals surface area contributed by atoms with Crippen LogP contribution in [0.3, 0.4) is 0 Å². The van der Waals surface area contributed by atoms with Crippen molar-refractivity contribution in [2.75, 3.05) is 12.3 Å². The second-order valence-corrected chi connectivity index (χ2v) is 5.88. The Kier molecular flexibility index (Phi) is 5.28. The first-order valence-electron chi connectivity index (χ1n) is 8.08. The van der Waals surface area contributed by atoms with Gasteiger partial charge in [0.1, 0.15) is 6.10 Å². The van der Waals surface area contributed by atoms with E-state index in [2.05, 4.69) is 0 Å². The Labute approximate surface area is 136 Å². The number of aliphatic hydroxyl groups excluding tert-OH is 1. The quantitative estimate of drug-likeness (QED) is 0.830. The molecular weight excluding hydrogens is 290 g/mol. The number of nitrogens with two attached hydrogens (primary N) is 1. The second-order valence-electron chi connectivity index (χ2n) is 5.88. The zero-order valence-electron chi connectivity index (χ0n) is 13.2. The van der Waals surface area contributed by atoms with Gasteiger partial charge in [0.25, 0.3) is 0 Å². The first-order chi connectivity index (χ1) is 11.3. The van der Waals surface area contributed by atoms with Crippen molar-refractivity contribution >= 4 is 5.69 Å². The van der Waals surface area contributed by atoms with Gasteiger partial charge in [0.15, 0.2) is 6.29 Å².